The number of hydrogen-bond donors (Lipinski definition) is 2. The number of anilines is 1. The van der Waals surface area contributed by atoms with E-state index in [0.29, 0.717) is 12.2 Å². The van der Waals surface area contributed by atoms with Crippen molar-refractivity contribution >= 4 is 15.7 Å². The third-order valence-electron chi connectivity index (χ3n) is 3.69. The highest BCUT2D eigenvalue weighted by molar-refractivity contribution is 7.89. The molecule has 0 heterocycles. The van der Waals surface area contributed by atoms with Crippen molar-refractivity contribution < 1.29 is 8.42 Å². The molecule has 1 saturated carbocycles. The van der Waals surface area contributed by atoms with E-state index in [9.17, 15) is 8.42 Å². The number of rotatable bonds is 4. The molecule has 1 aromatic carbocycles. The minimum Gasteiger partial charge on any atom is -0.399 e. The standard InChI is InChI=1S/C13H20N2O2S/c1-13(8-2-3-9-13)10-15-18(16,17)12-6-4-11(14)5-7-12/h4-7,15H,2-3,8-10,14H2,1H3. The SMILES string of the molecule is CC1(CNS(=O)(=O)c2ccc(N)cc2)CCCC1. The average Bonchev–Trinajstić information content (AvgIpc) is 2.75. The molecule has 0 amide bonds. The summed E-state index contributed by atoms with van der Waals surface area (Å²) >= 11 is 0. The van der Waals surface area contributed by atoms with Gasteiger partial charge in [0, 0.05) is 12.2 Å². The first-order valence-electron chi connectivity index (χ1n) is 6.27. The minimum atomic E-state index is -3.41. The Morgan fingerprint density at radius 2 is 1.78 bits per heavy atom. The van der Waals surface area contributed by atoms with Crippen LogP contribution in [0, 0.1) is 5.41 Å². The highest BCUT2D eigenvalue weighted by Crippen LogP contribution is 2.36. The molecule has 4 nitrogen and oxygen atoms in total. The van der Waals surface area contributed by atoms with Crippen LogP contribution in [0.25, 0.3) is 0 Å². The molecule has 0 aromatic heterocycles. The lowest BCUT2D eigenvalue weighted by molar-refractivity contribution is 0.336. The van der Waals surface area contributed by atoms with Crippen LogP contribution in [0.3, 0.4) is 0 Å². The second kappa shape index (κ2) is 4.90. The summed E-state index contributed by atoms with van der Waals surface area (Å²) in [6.07, 6.45) is 4.58. The topological polar surface area (TPSA) is 72.2 Å². The lowest BCUT2D eigenvalue weighted by Crippen LogP contribution is -2.34. The Labute approximate surface area is 109 Å². The summed E-state index contributed by atoms with van der Waals surface area (Å²) in [4.78, 5) is 0.276. The van der Waals surface area contributed by atoms with E-state index in [2.05, 4.69) is 11.6 Å². The first-order valence-corrected chi connectivity index (χ1v) is 7.75. The van der Waals surface area contributed by atoms with Gasteiger partial charge >= 0.3 is 0 Å². The van der Waals surface area contributed by atoms with Crippen LogP contribution in [0.5, 0.6) is 0 Å². The number of hydrogen-bond acceptors (Lipinski definition) is 3. The van der Waals surface area contributed by atoms with E-state index < -0.39 is 10.0 Å². The molecule has 0 unspecified atom stereocenters. The van der Waals surface area contributed by atoms with Gasteiger partial charge in [0.05, 0.1) is 4.90 Å². The summed E-state index contributed by atoms with van der Waals surface area (Å²) in [5.41, 5.74) is 6.23. The van der Waals surface area contributed by atoms with Gasteiger partial charge in [-0.25, -0.2) is 13.1 Å². The molecule has 0 aliphatic heterocycles. The summed E-state index contributed by atoms with van der Waals surface area (Å²) in [5.74, 6) is 0. The van der Waals surface area contributed by atoms with Crippen LogP contribution in [-0.4, -0.2) is 15.0 Å². The lowest BCUT2D eigenvalue weighted by Gasteiger charge is -2.23. The van der Waals surface area contributed by atoms with Crippen molar-refractivity contribution in [2.75, 3.05) is 12.3 Å². The molecule has 18 heavy (non-hydrogen) atoms. The number of nitrogens with two attached hydrogens (primary N) is 1. The van der Waals surface area contributed by atoms with Crippen LogP contribution in [0.4, 0.5) is 5.69 Å². The Balaban J connectivity index is 2.05. The zero-order valence-electron chi connectivity index (χ0n) is 10.6. The van der Waals surface area contributed by atoms with Crippen molar-refractivity contribution in [3.63, 3.8) is 0 Å². The molecule has 1 fully saturated rings. The van der Waals surface area contributed by atoms with Crippen LogP contribution in [0.15, 0.2) is 29.2 Å². The Morgan fingerprint density at radius 1 is 1.22 bits per heavy atom. The monoisotopic (exact) mass is 268 g/mol. The number of benzene rings is 1. The van der Waals surface area contributed by atoms with Crippen LogP contribution in [-0.2, 0) is 10.0 Å². The summed E-state index contributed by atoms with van der Waals surface area (Å²) in [5, 5.41) is 0. The number of sulfonamides is 1. The molecule has 100 valence electrons. The van der Waals surface area contributed by atoms with Gasteiger partial charge < -0.3 is 5.73 Å². The van der Waals surface area contributed by atoms with E-state index in [-0.39, 0.29) is 10.3 Å². The zero-order valence-corrected chi connectivity index (χ0v) is 11.5. The van der Waals surface area contributed by atoms with Crippen LogP contribution < -0.4 is 10.5 Å². The Bertz CT molecular complexity index is 502. The van der Waals surface area contributed by atoms with Crippen LogP contribution >= 0.6 is 0 Å². The first-order chi connectivity index (χ1) is 8.41. The molecular weight excluding hydrogens is 248 g/mol. The van der Waals surface area contributed by atoms with Gasteiger partial charge in [-0.05, 0) is 42.5 Å². The fourth-order valence-electron chi connectivity index (χ4n) is 2.40. The molecule has 2 rings (SSSR count). The van der Waals surface area contributed by atoms with E-state index in [0.717, 1.165) is 12.8 Å². The molecule has 0 saturated heterocycles. The van der Waals surface area contributed by atoms with Gasteiger partial charge in [-0.15, -0.1) is 0 Å². The quantitative estimate of drug-likeness (QED) is 0.822. The van der Waals surface area contributed by atoms with E-state index >= 15 is 0 Å². The zero-order chi connectivity index (χ0) is 13.2. The van der Waals surface area contributed by atoms with Crippen LogP contribution in [0.2, 0.25) is 0 Å². The molecule has 0 atom stereocenters. The number of nitrogens with one attached hydrogen (secondary N) is 1. The molecule has 5 heteroatoms. The Morgan fingerprint density at radius 3 is 2.33 bits per heavy atom. The van der Waals surface area contributed by atoms with Crippen molar-refractivity contribution in [3.8, 4) is 0 Å². The van der Waals surface area contributed by atoms with Gasteiger partial charge in [0.25, 0.3) is 0 Å². The van der Waals surface area contributed by atoms with E-state index in [1.165, 1.54) is 25.0 Å². The molecule has 0 radical (unpaired) electrons. The fourth-order valence-corrected chi connectivity index (χ4v) is 3.60. The maximum atomic E-state index is 12.1. The van der Waals surface area contributed by atoms with Gasteiger partial charge in [-0.2, -0.15) is 0 Å². The predicted octanol–water partition coefficient (Wildman–Crippen LogP) is 2.13. The summed E-state index contributed by atoms with van der Waals surface area (Å²) in [7, 11) is -3.41. The maximum absolute atomic E-state index is 12.1. The maximum Gasteiger partial charge on any atom is 0.240 e. The van der Waals surface area contributed by atoms with Crippen molar-refractivity contribution in [2.24, 2.45) is 5.41 Å². The van der Waals surface area contributed by atoms with Crippen molar-refractivity contribution in [3.05, 3.63) is 24.3 Å². The highest BCUT2D eigenvalue weighted by Gasteiger charge is 2.30. The van der Waals surface area contributed by atoms with Crippen LogP contribution in [0.1, 0.15) is 32.6 Å². The summed E-state index contributed by atoms with van der Waals surface area (Å²) in [6.45, 7) is 2.66. The van der Waals surface area contributed by atoms with Gasteiger partial charge in [0.1, 0.15) is 0 Å². The lowest BCUT2D eigenvalue weighted by atomic mass is 9.89. The van der Waals surface area contributed by atoms with Gasteiger partial charge in [-0.3, -0.25) is 0 Å². The minimum absolute atomic E-state index is 0.112. The van der Waals surface area contributed by atoms with Gasteiger partial charge in [-0.1, -0.05) is 19.8 Å². The largest absolute Gasteiger partial charge is 0.399 e. The first kappa shape index (κ1) is 13.4. The summed E-state index contributed by atoms with van der Waals surface area (Å²) in [6, 6.07) is 6.28. The fraction of sp³-hybridized carbons (Fsp3) is 0.538. The molecule has 1 aromatic rings. The molecule has 3 N–H and O–H groups in total. The molecule has 0 bridgehead atoms. The second-order valence-electron chi connectivity index (χ2n) is 5.41. The van der Waals surface area contributed by atoms with Crippen molar-refractivity contribution in [1.29, 1.82) is 0 Å². The predicted molar refractivity (Wildman–Crippen MR) is 72.6 cm³/mol. The highest BCUT2D eigenvalue weighted by atomic mass is 32.2. The molecule has 0 spiro atoms. The number of nitrogen functional groups attached to an aromatic ring is 1. The van der Waals surface area contributed by atoms with Gasteiger partial charge in [0.2, 0.25) is 10.0 Å². The molecule has 1 aliphatic rings. The van der Waals surface area contributed by atoms with E-state index in [1.54, 1.807) is 12.1 Å². The van der Waals surface area contributed by atoms with Crippen molar-refractivity contribution in [2.45, 2.75) is 37.5 Å². The average molecular weight is 268 g/mol. The molecular formula is C13H20N2O2S. The second-order valence-corrected chi connectivity index (χ2v) is 7.18. The van der Waals surface area contributed by atoms with E-state index in [1.807, 2.05) is 0 Å². The molecule has 1 aliphatic carbocycles. The van der Waals surface area contributed by atoms with Crippen molar-refractivity contribution in [1.82, 2.24) is 4.72 Å². The summed E-state index contributed by atoms with van der Waals surface area (Å²) < 4.78 is 26.9. The Hall–Kier alpha value is -1.07. The third-order valence-corrected chi connectivity index (χ3v) is 5.11. The third kappa shape index (κ3) is 3.03. The van der Waals surface area contributed by atoms with E-state index in [4.69, 9.17) is 5.73 Å². The Kier molecular flexibility index (Phi) is 3.64. The van der Waals surface area contributed by atoms with Gasteiger partial charge in [0.15, 0.2) is 0 Å². The smallest absolute Gasteiger partial charge is 0.240 e. The normalized spacial score (nSPS) is 18.9.